The molecule has 0 aromatic heterocycles. The van der Waals surface area contributed by atoms with Gasteiger partial charge >= 0.3 is 0 Å². The summed E-state index contributed by atoms with van der Waals surface area (Å²) in [4.78, 5) is 0. The van der Waals surface area contributed by atoms with Gasteiger partial charge in [-0.2, -0.15) is 0 Å². The monoisotopic (exact) mass is 275 g/mol. The average molecular weight is 276 g/mol. The Balaban J connectivity index is 2.25. The Morgan fingerprint density at radius 3 is 2.53 bits per heavy atom. The molecule has 0 aliphatic heterocycles. The normalized spacial score (nSPS) is 10.5. The van der Waals surface area contributed by atoms with Crippen molar-refractivity contribution in [1.82, 2.24) is 5.32 Å². The lowest BCUT2D eigenvalue weighted by molar-refractivity contribution is 0.478. The molecule has 0 amide bonds. The molecule has 3 heteroatoms. The number of benzene rings is 2. The Hall–Kier alpha value is -1.51. The van der Waals surface area contributed by atoms with Crippen LogP contribution in [0.1, 0.15) is 16.7 Å². The molecule has 100 valence electrons. The molecule has 0 saturated heterocycles. The summed E-state index contributed by atoms with van der Waals surface area (Å²) in [5.74, 6) is 1.54. The largest absolute Gasteiger partial charge is 0.456 e. The van der Waals surface area contributed by atoms with Gasteiger partial charge in [0, 0.05) is 6.54 Å². The molecule has 0 unspecified atom stereocenters. The highest BCUT2D eigenvalue weighted by molar-refractivity contribution is 6.32. The third-order valence-corrected chi connectivity index (χ3v) is 3.24. The molecular formula is C16H18ClNO. The van der Waals surface area contributed by atoms with Crippen molar-refractivity contribution >= 4 is 11.6 Å². The van der Waals surface area contributed by atoms with Crippen LogP contribution in [0.25, 0.3) is 0 Å². The number of hydrogen-bond donors (Lipinski definition) is 1. The molecule has 0 spiro atoms. The molecule has 0 aliphatic carbocycles. The third kappa shape index (κ3) is 3.49. The van der Waals surface area contributed by atoms with Gasteiger partial charge in [-0.3, -0.25) is 0 Å². The molecule has 0 fully saturated rings. The highest BCUT2D eigenvalue weighted by Gasteiger charge is 2.06. The van der Waals surface area contributed by atoms with Crippen molar-refractivity contribution in [3.8, 4) is 11.5 Å². The molecule has 0 aliphatic rings. The smallest absolute Gasteiger partial charge is 0.146 e. The van der Waals surface area contributed by atoms with Crippen LogP contribution in [0.4, 0.5) is 0 Å². The van der Waals surface area contributed by atoms with E-state index in [9.17, 15) is 0 Å². The summed E-state index contributed by atoms with van der Waals surface area (Å²) in [5, 5.41) is 3.76. The lowest BCUT2D eigenvalue weighted by atomic mass is 10.1. The molecule has 2 rings (SSSR count). The van der Waals surface area contributed by atoms with Crippen molar-refractivity contribution in [2.75, 3.05) is 7.05 Å². The maximum Gasteiger partial charge on any atom is 0.146 e. The molecular weight excluding hydrogens is 258 g/mol. The van der Waals surface area contributed by atoms with Gasteiger partial charge in [0.2, 0.25) is 0 Å². The molecule has 2 nitrogen and oxygen atoms in total. The van der Waals surface area contributed by atoms with Gasteiger partial charge in [-0.25, -0.2) is 0 Å². The van der Waals surface area contributed by atoms with E-state index >= 15 is 0 Å². The summed E-state index contributed by atoms with van der Waals surface area (Å²) in [5.41, 5.74) is 3.47. The van der Waals surface area contributed by atoms with E-state index in [1.807, 2.05) is 45.2 Å². The van der Waals surface area contributed by atoms with Gasteiger partial charge in [-0.05, 0) is 55.8 Å². The van der Waals surface area contributed by atoms with E-state index in [0.717, 1.165) is 23.4 Å². The van der Waals surface area contributed by atoms with Crippen LogP contribution in [-0.4, -0.2) is 7.05 Å². The second-order valence-electron chi connectivity index (χ2n) is 4.67. The molecule has 1 N–H and O–H groups in total. The third-order valence-electron chi connectivity index (χ3n) is 2.93. The Bertz CT molecular complexity index is 581. The van der Waals surface area contributed by atoms with Crippen molar-refractivity contribution in [3.63, 3.8) is 0 Å². The molecule has 2 aromatic rings. The Morgan fingerprint density at radius 1 is 1.05 bits per heavy atom. The van der Waals surface area contributed by atoms with Crippen LogP contribution >= 0.6 is 11.6 Å². The molecule has 2 aromatic carbocycles. The molecule has 0 atom stereocenters. The quantitative estimate of drug-likeness (QED) is 0.889. The van der Waals surface area contributed by atoms with Crippen LogP contribution in [0.3, 0.4) is 0 Å². The first kappa shape index (κ1) is 13.9. The van der Waals surface area contributed by atoms with Gasteiger partial charge in [0.1, 0.15) is 11.5 Å². The zero-order valence-corrected chi connectivity index (χ0v) is 12.2. The minimum Gasteiger partial charge on any atom is -0.456 e. The van der Waals surface area contributed by atoms with E-state index in [4.69, 9.17) is 16.3 Å². The van der Waals surface area contributed by atoms with E-state index in [-0.39, 0.29) is 0 Å². The maximum atomic E-state index is 6.14. The maximum absolute atomic E-state index is 6.14. The zero-order valence-electron chi connectivity index (χ0n) is 11.5. The van der Waals surface area contributed by atoms with Crippen LogP contribution in [-0.2, 0) is 6.54 Å². The Labute approximate surface area is 119 Å². The molecule has 0 heterocycles. The van der Waals surface area contributed by atoms with E-state index in [1.165, 1.54) is 5.56 Å². The first-order valence-corrected chi connectivity index (χ1v) is 6.66. The van der Waals surface area contributed by atoms with Gasteiger partial charge in [0.25, 0.3) is 0 Å². The van der Waals surface area contributed by atoms with E-state index in [1.54, 1.807) is 0 Å². The summed E-state index contributed by atoms with van der Waals surface area (Å²) < 4.78 is 5.90. The number of aryl methyl sites for hydroxylation is 2. The molecule has 0 bridgehead atoms. The predicted molar refractivity (Wildman–Crippen MR) is 80.2 cm³/mol. The van der Waals surface area contributed by atoms with E-state index in [0.29, 0.717) is 10.8 Å². The lowest BCUT2D eigenvalue weighted by Crippen LogP contribution is -2.05. The summed E-state index contributed by atoms with van der Waals surface area (Å²) in [6.45, 7) is 4.91. The fourth-order valence-electron chi connectivity index (χ4n) is 1.95. The van der Waals surface area contributed by atoms with Crippen molar-refractivity contribution in [2.24, 2.45) is 0 Å². The van der Waals surface area contributed by atoms with E-state index in [2.05, 4.69) is 17.4 Å². The fraction of sp³-hybridized carbons (Fsp3) is 0.250. The number of rotatable bonds is 4. The Morgan fingerprint density at radius 2 is 1.84 bits per heavy atom. The number of hydrogen-bond acceptors (Lipinski definition) is 2. The first-order valence-electron chi connectivity index (χ1n) is 6.28. The summed E-state index contributed by atoms with van der Waals surface area (Å²) in [6.07, 6.45) is 0. The van der Waals surface area contributed by atoms with Crippen molar-refractivity contribution in [1.29, 1.82) is 0 Å². The predicted octanol–water partition coefficient (Wildman–Crippen LogP) is 4.47. The van der Waals surface area contributed by atoms with Crippen molar-refractivity contribution in [3.05, 3.63) is 58.1 Å². The standard InChI is InChI=1S/C16H18ClNO/c1-11-4-6-14(17)16(8-11)19-15-7-5-13(10-18-3)9-12(15)2/h4-9,18H,10H2,1-3H3. The average Bonchev–Trinajstić information content (AvgIpc) is 2.37. The SMILES string of the molecule is CNCc1ccc(Oc2cc(C)ccc2Cl)c(C)c1. The number of halogens is 1. The van der Waals surface area contributed by atoms with Gasteiger partial charge in [0.15, 0.2) is 0 Å². The minimum absolute atomic E-state index is 0.629. The first-order chi connectivity index (χ1) is 9.10. The van der Waals surface area contributed by atoms with Crippen molar-refractivity contribution in [2.45, 2.75) is 20.4 Å². The van der Waals surface area contributed by atoms with Crippen LogP contribution in [0.15, 0.2) is 36.4 Å². The summed E-state index contributed by atoms with van der Waals surface area (Å²) in [6, 6.07) is 11.9. The molecule has 19 heavy (non-hydrogen) atoms. The minimum atomic E-state index is 0.629. The van der Waals surface area contributed by atoms with Crippen LogP contribution in [0.2, 0.25) is 5.02 Å². The van der Waals surface area contributed by atoms with Crippen molar-refractivity contribution < 1.29 is 4.74 Å². The molecule has 0 saturated carbocycles. The molecule has 0 radical (unpaired) electrons. The highest BCUT2D eigenvalue weighted by atomic mass is 35.5. The van der Waals surface area contributed by atoms with Crippen LogP contribution in [0, 0.1) is 13.8 Å². The zero-order chi connectivity index (χ0) is 13.8. The second-order valence-corrected chi connectivity index (χ2v) is 5.07. The van der Waals surface area contributed by atoms with E-state index < -0.39 is 0 Å². The Kier molecular flexibility index (Phi) is 4.46. The second kappa shape index (κ2) is 6.09. The fourth-order valence-corrected chi connectivity index (χ4v) is 2.10. The lowest BCUT2D eigenvalue weighted by Gasteiger charge is -2.12. The van der Waals surface area contributed by atoms with Gasteiger partial charge in [-0.1, -0.05) is 29.8 Å². The van der Waals surface area contributed by atoms with Crippen LogP contribution < -0.4 is 10.1 Å². The summed E-state index contributed by atoms with van der Waals surface area (Å²) in [7, 11) is 1.94. The van der Waals surface area contributed by atoms with Gasteiger partial charge in [-0.15, -0.1) is 0 Å². The number of ether oxygens (including phenoxy) is 1. The van der Waals surface area contributed by atoms with Crippen LogP contribution in [0.5, 0.6) is 11.5 Å². The highest BCUT2D eigenvalue weighted by Crippen LogP contribution is 2.32. The van der Waals surface area contributed by atoms with Gasteiger partial charge in [0.05, 0.1) is 5.02 Å². The topological polar surface area (TPSA) is 21.3 Å². The summed E-state index contributed by atoms with van der Waals surface area (Å²) >= 11 is 6.14. The number of nitrogens with one attached hydrogen (secondary N) is 1. The van der Waals surface area contributed by atoms with Gasteiger partial charge < -0.3 is 10.1 Å².